The fourth-order valence-corrected chi connectivity index (χ4v) is 3.13. The Labute approximate surface area is 160 Å². The minimum atomic E-state index is -0.0903. The first-order valence-corrected chi connectivity index (χ1v) is 9.85. The molecule has 2 rings (SSSR count). The first-order chi connectivity index (χ1) is 12.6. The van der Waals surface area contributed by atoms with Crippen molar-refractivity contribution in [1.82, 2.24) is 5.32 Å². The predicted molar refractivity (Wildman–Crippen MR) is 108 cm³/mol. The number of ether oxygens (including phenoxy) is 2. The van der Waals surface area contributed by atoms with E-state index in [4.69, 9.17) is 9.47 Å². The Morgan fingerprint density at radius 3 is 2.38 bits per heavy atom. The summed E-state index contributed by atoms with van der Waals surface area (Å²) in [5.74, 6) is 2.56. The van der Waals surface area contributed by atoms with Crippen LogP contribution < -0.4 is 14.8 Å². The van der Waals surface area contributed by atoms with Gasteiger partial charge in [-0.15, -0.1) is 11.8 Å². The van der Waals surface area contributed by atoms with Crippen LogP contribution in [0.3, 0.4) is 0 Å². The number of aryl methyl sites for hydroxylation is 1. The zero-order chi connectivity index (χ0) is 18.8. The van der Waals surface area contributed by atoms with Crippen LogP contribution in [0.5, 0.6) is 11.5 Å². The molecule has 0 aliphatic rings. The van der Waals surface area contributed by atoms with Crippen LogP contribution in [0.2, 0.25) is 0 Å². The molecule has 2 aromatic carbocycles. The van der Waals surface area contributed by atoms with Crippen molar-refractivity contribution in [3.05, 3.63) is 59.7 Å². The van der Waals surface area contributed by atoms with E-state index in [1.54, 1.807) is 18.9 Å². The Kier molecular flexibility index (Phi) is 8.35. The molecule has 0 spiro atoms. The molecule has 1 unspecified atom stereocenters. The standard InChI is InChI=1S/C21H27NO3S/c1-16-4-8-20(9-5-16)25-14-15-26-17(2)21(23)22-13-12-18-6-10-19(24-3)11-7-18/h4-11,17H,12-15H2,1-3H3,(H,22,23). The van der Waals surface area contributed by atoms with Gasteiger partial charge in [0.05, 0.1) is 19.0 Å². The highest BCUT2D eigenvalue weighted by molar-refractivity contribution is 8.00. The second kappa shape index (κ2) is 10.8. The van der Waals surface area contributed by atoms with Gasteiger partial charge in [-0.2, -0.15) is 0 Å². The predicted octanol–water partition coefficient (Wildman–Crippen LogP) is 3.86. The van der Waals surface area contributed by atoms with E-state index in [1.165, 1.54) is 11.1 Å². The van der Waals surface area contributed by atoms with E-state index in [2.05, 4.69) is 12.2 Å². The molecule has 26 heavy (non-hydrogen) atoms. The van der Waals surface area contributed by atoms with E-state index in [9.17, 15) is 4.79 Å². The van der Waals surface area contributed by atoms with E-state index in [0.717, 1.165) is 23.7 Å². The van der Waals surface area contributed by atoms with Gasteiger partial charge in [0.1, 0.15) is 11.5 Å². The Hall–Kier alpha value is -2.14. The van der Waals surface area contributed by atoms with Crippen molar-refractivity contribution in [3.8, 4) is 11.5 Å². The maximum Gasteiger partial charge on any atom is 0.232 e. The van der Waals surface area contributed by atoms with Gasteiger partial charge in [-0.05, 0) is 50.1 Å². The van der Waals surface area contributed by atoms with E-state index >= 15 is 0 Å². The highest BCUT2D eigenvalue weighted by Gasteiger charge is 2.12. The van der Waals surface area contributed by atoms with Gasteiger partial charge in [0.15, 0.2) is 0 Å². The van der Waals surface area contributed by atoms with Crippen molar-refractivity contribution < 1.29 is 14.3 Å². The number of thioether (sulfide) groups is 1. The number of carbonyl (C=O) groups is 1. The minimum absolute atomic E-state index is 0.0684. The number of hydrogen-bond acceptors (Lipinski definition) is 4. The Morgan fingerprint density at radius 2 is 1.73 bits per heavy atom. The molecule has 2 aromatic rings. The van der Waals surface area contributed by atoms with Crippen LogP contribution in [0.1, 0.15) is 18.1 Å². The Bertz CT molecular complexity index is 671. The SMILES string of the molecule is COc1ccc(CCNC(=O)C(C)SCCOc2ccc(C)cc2)cc1. The van der Waals surface area contributed by atoms with Crippen LogP contribution in [0, 0.1) is 6.92 Å². The zero-order valence-corrected chi connectivity index (χ0v) is 16.5. The lowest BCUT2D eigenvalue weighted by Crippen LogP contribution is -2.32. The summed E-state index contributed by atoms with van der Waals surface area (Å²) in [6, 6.07) is 15.9. The molecule has 4 nitrogen and oxygen atoms in total. The Morgan fingerprint density at radius 1 is 1.08 bits per heavy atom. The fraction of sp³-hybridized carbons (Fsp3) is 0.381. The molecule has 1 atom stereocenters. The van der Waals surface area contributed by atoms with Crippen molar-refractivity contribution in [1.29, 1.82) is 0 Å². The first-order valence-electron chi connectivity index (χ1n) is 8.80. The summed E-state index contributed by atoms with van der Waals surface area (Å²) in [5.41, 5.74) is 2.39. The van der Waals surface area contributed by atoms with Crippen LogP contribution in [0.15, 0.2) is 48.5 Å². The van der Waals surface area contributed by atoms with Crippen LogP contribution in [0.25, 0.3) is 0 Å². The lowest BCUT2D eigenvalue weighted by atomic mass is 10.1. The molecule has 0 saturated carbocycles. The van der Waals surface area contributed by atoms with Gasteiger partial charge in [-0.25, -0.2) is 0 Å². The highest BCUT2D eigenvalue weighted by atomic mass is 32.2. The largest absolute Gasteiger partial charge is 0.497 e. The lowest BCUT2D eigenvalue weighted by Gasteiger charge is -2.13. The van der Waals surface area contributed by atoms with Crippen LogP contribution >= 0.6 is 11.8 Å². The second-order valence-corrected chi connectivity index (χ2v) is 7.51. The van der Waals surface area contributed by atoms with E-state index in [1.807, 2.05) is 55.5 Å². The van der Waals surface area contributed by atoms with Gasteiger partial charge in [-0.3, -0.25) is 4.79 Å². The summed E-state index contributed by atoms with van der Waals surface area (Å²) in [6.45, 7) is 5.21. The third kappa shape index (κ3) is 7.00. The lowest BCUT2D eigenvalue weighted by molar-refractivity contribution is -0.120. The van der Waals surface area contributed by atoms with Crippen molar-refractivity contribution >= 4 is 17.7 Å². The molecular formula is C21H27NO3S. The summed E-state index contributed by atoms with van der Waals surface area (Å²) >= 11 is 1.60. The maximum absolute atomic E-state index is 12.1. The molecule has 0 fully saturated rings. The number of amides is 1. The first kappa shape index (κ1) is 20.2. The summed E-state index contributed by atoms with van der Waals surface area (Å²) < 4.78 is 10.8. The van der Waals surface area contributed by atoms with Crippen LogP contribution in [0.4, 0.5) is 0 Å². The molecule has 0 aliphatic heterocycles. The topological polar surface area (TPSA) is 47.6 Å². The summed E-state index contributed by atoms with van der Waals surface area (Å²) in [5, 5.41) is 2.90. The van der Waals surface area contributed by atoms with Gasteiger partial charge >= 0.3 is 0 Å². The molecular weight excluding hydrogens is 346 g/mol. The molecule has 0 saturated heterocycles. The van der Waals surface area contributed by atoms with E-state index in [0.29, 0.717) is 13.2 Å². The molecule has 0 aromatic heterocycles. The quantitative estimate of drug-likeness (QED) is 0.643. The van der Waals surface area contributed by atoms with Crippen molar-refractivity contribution in [3.63, 3.8) is 0 Å². The number of rotatable bonds is 10. The van der Waals surface area contributed by atoms with Gasteiger partial charge in [0.2, 0.25) is 5.91 Å². The zero-order valence-electron chi connectivity index (χ0n) is 15.7. The average Bonchev–Trinajstić information content (AvgIpc) is 2.67. The number of hydrogen-bond donors (Lipinski definition) is 1. The Balaban J connectivity index is 1.60. The minimum Gasteiger partial charge on any atom is -0.497 e. The van der Waals surface area contributed by atoms with Gasteiger partial charge in [0, 0.05) is 12.3 Å². The normalized spacial score (nSPS) is 11.7. The summed E-state index contributed by atoms with van der Waals surface area (Å²) in [4.78, 5) is 12.1. The molecule has 5 heteroatoms. The smallest absolute Gasteiger partial charge is 0.232 e. The molecule has 1 N–H and O–H groups in total. The third-order valence-electron chi connectivity index (χ3n) is 3.98. The number of methoxy groups -OCH3 is 1. The van der Waals surface area contributed by atoms with Crippen molar-refractivity contribution in [2.75, 3.05) is 26.0 Å². The van der Waals surface area contributed by atoms with Gasteiger partial charge < -0.3 is 14.8 Å². The number of carbonyl (C=O) groups excluding carboxylic acids is 1. The third-order valence-corrected chi connectivity index (χ3v) is 5.10. The second-order valence-electron chi connectivity index (χ2n) is 6.06. The van der Waals surface area contributed by atoms with Gasteiger partial charge in [0.25, 0.3) is 0 Å². The van der Waals surface area contributed by atoms with Crippen molar-refractivity contribution in [2.45, 2.75) is 25.5 Å². The van der Waals surface area contributed by atoms with Crippen LogP contribution in [-0.4, -0.2) is 37.2 Å². The summed E-state index contributed by atoms with van der Waals surface area (Å²) in [7, 11) is 1.65. The van der Waals surface area contributed by atoms with Crippen molar-refractivity contribution in [2.24, 2.45) is 0 Å². The monoisotopic (exact) mass is 373 g/mol. The maximum atomic E-state index is 12.1. The number of nitrogens with one attached hydrogen (secondary N) is 1. The van der Waals surface area contributed by atoms with Gasteiger partial charge in [-0.1, -0.05) is 29.8 Å². The molecule has 1 amide bonds. The molecule has 0 radical (unpaired) electrons. The van der Waals surface area contributed by atoms with E-state index in [-0.39, 0.29) is 11.2 Å². The highest BCUT2D eigenvalue weighted by Crippen LogP contribution is 2.14. The summed E-state index contributed by atoms with van der Waals surface area (Å²) in [6.07, 6.45) is 0.809. The molecule has 0 heterocycles. The molecule has 0 aliphatic carbocycles. The molecule has 140 valence electrons. The molecule has 0 bridgehead atoms. The van der Waals surface area contributed by atoms with E-state index < -0.39 is 0 Å². The fourth-order valence-electron chi connectivity index (χ4n) is 2.36. The van der Waals surface area contributed by atoms with Crippen LogP contribution in [-0.2, 0) is 11.2 Å². The average molecular weight is 374 g/mol. The number of benzene rings is 2.